The first-order valence-electron chi connectivity index (χ1n) is 6.80. The van der Waals surface area contributed by atoms with Crippen molar-refractivity contribution in [1.29, 1.82) is 0 Å². The second-order valence-electron chi connectivity index (χ2n) is 5.10. The predicted molar refractivity (Wildman–Crippen MR) is 73.3 cm³/mol. The monoisotopic (exact) mass is 263 g/mol. The van der Waals surface area contributed by atoms with Crippen molar-refractivity contribution in [3.8, 4) is 0 Å². The number of rotatable bonds is 3. The molecule has 0 aromatic carbocycles. The first kappa shape index (κ1) is 13.8. The lowest BCUT2D eigenvalue weighted by molar-refractivity contribution is -0.118. The van der Waals surface area contributed by atoms with Crippen LogP contribution in [-0.4, -0.2) is 32.9 Å². The molecule has 1 amide bonds. The summed E-state index contributed by atoms with van der Waals surface area (Å²) in [6, 6.07) is -0.117. The number of nitrogens with zero attached hydrogens (tertiary/aromatic N) is 2. The summed E-state index contributed by atoms with van der Waals surface area (Å²) >= 11 is 0. The Balaban J connectivity index is 1.87. The number of aromatic nitrogens is 2. The van der Waals surface area contributed by atoms with Crippen LogP contribution in [0.5, 0.6) is 0 Å². The van der Waals surface area contributed by atoms with Gasteiger partial charge in [-0.3, -0.25) is 9.48 Å². The summed E-state index contributed by atoms with van der Waals surface area (Å²) in [6.07, 6.45) is 11.2. The van der Waals surface area contributed by atoms with Crippen molar-refractivity contribution in [2.24, 2.45) is 7.05 Å². The summed E-state index contributed by atoms with van der Waals surface area (Å²) in [5.41, 5.74) is 0.888. The van der Waals surface area contributed by atoms with Crippen LogP contribution in [0.1, 0.15) is 37.7 Å². The molecule has 2 atom stereocenters. The molecule has 0 radical (unpaired) electrons. The van der Waals surface area contributed by atoms with Gasteiger partial charge in [0.2, 0.25) is 5.91 Å². The summed E-state index contributed by atoms with van der Waals surface area (Å²) in [7, 11) is 1.83. The summed E-state index contributed by atoms with van der Waals surface area (Å²) in [5.74, 6) is -0.158. The van der Waals surface area contributed by atoms with E-state index in [2.05, 4.69) is 10.4 Å². The molecule has 1 aromatic rings. The molecule has 0 spiro atoms. The van der Waals surface area contributed by atoms with E-state index in [-0.39, 0.29) is 11.9 Å². The molecule has 0 bridgehead atoms. The first-order chi connectivity index (χ1) is 9.15. The van der Waals surface area contributed by atoms with E-state index in [1.807, 2.05) is 13.2 Å². The molecule has 1 aliphatic rings. The fraction of sp³-hybridized carbons (Fsp3) is 0.571. The van der Waals surface area contributed by atoms with Crippen LogP contribution in [0.2, 0.25) is 0 Å². The van der Waals surface area contributed by atoms with E-state index in [4.69, 9.17) is 0 Å². The topological polar surface area (TPSA) is 67.2 Å². The van der Waals surface area contributed by atoms with Gasteiger partial charge in [-0.15, -0.1) is 0 Å². The number of aliphatic hydroxyl groups is 1. The van der Waals surface area contributed by atoms with Gasteiger partial charge in [0.1, 0.15) is 0 Å². The Hall–Kier alpha value is -1.62. The Kier molecular flexibility index (Phi) is 4.74. The van der Waals surface area contributed by atoms with Crippen molar-refractivity contribution in [3.63, 3.8) is 0 Å². The Morgan fingerprint density at radius 3 is 3.00 bits per heavy atom. The van der Waals surface area contributed by atoms with Crippen LogP contribution in [0, 0.1) is 0 Å². The molecule has 5 heteroatoms. The Morgan fingerprint density at radius 1 is 1.47 bits per heavy atom. The minimum absolute atomic E-state index is 0.117. The van der Waals surface area contributed by atoms with Crippen LogP contribution in [0.25, 0.3) is 6.08 Å². The summed E-state index contributed by atoms with van der Waals surface area (Å²) < 4.78 is 1.69. The zero-order valence-electron chi connectivity index (χ0n) is 11.2. The third-order valence-corrected chi connectivity index (χ3v) is 3.46. The van der Waals surface area contributed by atoms with Gasteiger partial charge < -0.3 is 10.4 Å². The molecular weight excluding hydrogens is 242 g/mol. The van der Waals surface area contributed by atoms with Crippen molar-refractivity contribution in [3.05, 3.63) is 24.0 Å². The van der Waals surface area contributed by atoms with Gasteiger partial charge in [0, 0.05) is 24.9 Å². The molecule has 2 rings (SSSR count). The average Bonchev–Trinajstić information content (AvgIpc) is 2.69. The number of amides is 1. The Bertz CT molecular complexity index is 453. The Labute approximate surface area is 113 Å². The summed E-state index contributed by atoms with van der Waals surface area (Å²) in [5, 5.41) is 16.8. The maximum absolute atomic E-state index is 11.8. The maximum Gasteiger partial charge on any atom is 0.244 e. The minimum Gasteiger partial charge on any atom is -0.391 e. The van der Waals surface area contributed by atoms with Gasteiger partial charge >= 0.3 is 0 Å². The highest BCUT2D eigenvalue weighted by Gasteiger charge is 2.22. The van der Waals surface area contributed by atoms with Crippen LogP contribution in [-0.2, 0) is 11.8 Å². The second kappa shape index (κ2) is 6.52. The van der Waals surface area contributed by atoms with E-state index in [0.717, 1.165) is 37.7 Å². The smallest absolute Gasteiger partial charge is 0.244 e. The number of carbonyl (C=O) groups excluding carboxylic acids is 1. The molecule has 1 fully saturated rings. The lowest BCUT2D eigenvalue weighted by atomic mass is 10.1. The second-order valence-corrected chi connectivity index (χ2v) is 5.10. The number of nitrogens with one attached hydrogen (secondary N) is 1. The van der Waals surface area contributed by atoms with Crippen LogP contribution >= 0.6 is 0 Å². The van der Waals surface area contributed by atoms with Crippen LogP contribution in [0.15, 0.2) is 18.5 Å². The van der Waals surface area contributed by atoms with E-state index in [0.29, 0.717) is 0 Å². The van der Waals surface area contributed by atoms with E-state index in [9.17, 15) is 9.90 Å². The van der Waals surface area contributed by atoms with Gasteiger partial charge in [0.15, 0.2) is 0 Å². The van der Waals surface area contributed by atoms with E-state index in [1.54, 1.807) is 17.0 Å². The van der Waals surface area contributed by atoms with E-state index >= 15 is 0 Å². The third-order valence-electron chi connectivity index (χ3n) is 3.46. The highest BCUT2D eigenvalue weighted by molar-refractivity contribution is 5.91. The molecular formula is C14H21N3O2. The van der Waals surface area contributed by atoms with Gasteiger partial charge in [-0.1, -0.05) is 19.3 Å². The van der Waals surface area contributed by atoms with Crippen molar-refractivity contribution in [1.82, 2.24) is 15.1 Å². The van der Waals surface area contributed by atoms with Gasteiger partial charge in [-0.2, -0.15) is 5.10 Å². The molecule has 1 saturated carbocycles. The quantitative estimate of drug-likeness (QED) is 0.637. The maximum atomic E-state index is 11.8. The van der Waals surface area contributed by atoms with Gasteiger partial charge in [0.05, 0.1) is 18.3 Å². The zero-order chi connectivity index (χ0) is 13.7. The third kappa shape index (κ3) is 4.21. The molecule has 2 N–H and O–H groups in total. The largest absolute Gasteiger partial charge is 0.391 e. The molecule has 2 unspecified atom stereocenters. The van der Waals surface area contributed by atoms with Gasteiger partial charge in [-0.25, -0.2) is 0 Å². The molecule has 0 aliphatic heterocycles. The lowest BCUT2D eigenvalue weighted by Gasteiger charge is -2.20. The fourth-order valence-corrected chi connectivity index (χ4v) is 2.39. The standard InChI is InChI=1S/C14H21N3O2/c1-17-10-11(9-15-17)7-8-14(19)16-12-5-3-2-4-6-13(12)18/h7-10,12-13,18H,2-6H2,1H3,(H,16,19)/b8-7+. The molecule has 1 aromatic heterocycles. The normalized spacial score (nSPS) is 24.3. The van der Waals surface area contributed by atoms with Crippen molar-refractivity contribution in [2.45, 2.75) is 44.2 Å². The molecule has 1 heterocycles. The summed E-state index contributed by atoms with van der Waals surface area (Å²) in [4.78, 5) is 11.8. The minimum atomic E-state index is -0.418. The number of carbonyl (C=O) groups is 1. The number of aliphatic hydroxyl groups excluding tert-OH is 1. The molecule has 104 valence electrons. The number of hydrogen-bond acceptors (Lipinski definition) is 3. The highest BCUT2D eigenvalue weighted by atomic mass is 16.3. The molecule has 1 aliphatic carbocycles. The van der Waals surface area contributed by atoms with Crippen molar-refractivity contribution < 1.29 is 9.90 Å². The number of aryl methyl sites for hydroxylation is 1. The first-order valence-corrected chi connectivity index (χ1v) is 6.80. The molecule has 19 heavy (non-hydrogen) atoms. The highest BCUT2D eigenvalue weighted by Crippen LogP contribution is 2.18. The molecule has 0 saturated heterocycles. The zero-order valence-corrected chi connectivity index (χ0v) is 11.2. The van der Waals surface area contributed by atoms with Crippen LogP contribution < -0.4 is 5.32 Å². The van der Waals surface area contributed by atoms with Crippen molar-refractivity contribution in [2.75, 3.05) is 0 Å². The summed E-state index contributed by atoms with van der Waals surface area (Å²) in [6.45, 7) is 0. The van der Waals surface area contributed by atoms with Crippen LogP contribution in [0.3, 0.4) is 0 Å². The SMILES string of the molecule is Cn1cc(/C=C/C(=O)NC2CCCCCC2O)cn1. The predicted octanol–water partition coefficient (Wildman–Crippen LogP) is 1.24. The van der Waals surface area contributed by atoms with Crippen molar-refractivity contribution >= 4 is 12.0 Å². The Morgan fingerprint density at radius 2 is 2.26 bits per heavy atom. The number of hydrogen-bond donors (Lipinski definition) is 2. The average molecular weight is 263 g/mol. The van der Waals surface area contributed by atoms with Gasteiger partial charge in [-0.05, 0) is 18.9 Å². The van der Waals surface area contributed by atoms with Gasteiger partial charge in [0.25, 0.3) is 0 Å². The van der Waals surface area contributed by atoms with E-state index < -0.39 is 6.10 Å². The lowest BCUT2D eigenvalue weighted by Crippen LogP contribution is -2.41. The van der Waals surface area contributed by atoms with Crippen LogP contribution in [0.4, 0.5) is 0 Å². The fourth-order valence-electron chi connectivity index (χ4n) is 2.39. The van der Waals surface area contributed by atoms with E-state index in [1.165, 1.54) is 6.08 Å². The molecule has 5 nitrogen and oxygen atoms in total.